The van der Waals surface area contributed by atoms with Crippen LogP contribution in [0.1, 0.15) is 17.2 Å². The molecule has 0 aliphatic heterocycles. The van der Waals surface area contributed by atoms with Crippen molar-refractivity contribution in [1.82, 2.24) is 0 Å². The molecule has 3 N–H and O–H groups in total. The molecule has 1 aromatic rings. The molecule has 0 aliphatic rings. The van der Waals surface area contributed by atoms with Crippen molar-refractivity contribution in [1.29, 1.82) is 0 Å². The molecule has 0 bridgehead atoms. The number of hydrogen-bond acceptors (Lipinski definition) is 3. The summed E-state index contributed by atoms with van der Waals surface area (Å²) in [6, 6.07) is 6.33. The van der Waals surface area contributed by atoms with Gasteiger partial charge in [0.25, 0.3) is 0 Å². The van der Waals surface area contributed by atoms with Crippen LogP contribution in [0.4, 0.5) is 0 Å². The largest absolute Gasteiger partial charge is 0.479 e. The van der Waals surface area contributed by atoms with Gasteiger partial charge in [-0.15, -0.1) is 0 Å². The molecule has 70 valence electrons. The van der Waals surface area contributed by atoms with Crippen LogP contribution in [-0.4, -0.2) is 21.3 Å². The molecule has 0 spiro atoms. The molecular formula is C9H10O4. The number of aliphatic hydroxyl groups is 2. The first-order valence-corrected chi connectivity index (χ1v) is 3.76. The number of aliphatic hydroxyl groups excluding tert-OH is 2. The molecule has 1 rings (SSSR count). The highest BCUT2D eigenvalue weighted by atomic mass is 16.4. The Hall–Kier alpha value is -1.39. The third-order valence-electron chi connectivity index (χ3n) is 1.75. The van der Waals surface area contributed by atoms with Gasteiger partial charge < -0.3 is 15.3 Å². The minimum Gasteiger partial charge on any atom is -0.479 e. The number of aliphatic carboxylic acids is 1. The Labute approximate surface area is 75.1 Å². The Morgan fingerprint density at radius 2 is 2.00 bits per heavy atom. The second kappa shape index (κ2) is 4.02. The summed E-state index contributed by atoms with van der Waals surface area (Å²) in [5, 5.41) is 26.6. The van der Waals surface area contributed by atoms with Gasteiger partial charge in [0.15, 0.2) is 6.10 Å². The molecule has 4 heteroatoms. The Morgan fingerprint density at radius 3 is 2.54 bits per heavy atom. The number of hydrogen-bond donors (Lipinski definition) is 3. The second-order valence-electron chi connectivity index (χ2n) is 2.60. The summed E-state index contributed by atoms with van der Waals surface area (Å²) >= 11 is 0. The molecule has 0 radical (unpaired) electrons. The molecule has 0 amide bonds. The maximum absolute atomic E-state index is 10.4. The fourth-order valence-electron chi connectivity index (χ4n) is 1.08. The first kappa shape index (κ1) is 9.70. The van der Waals surface area contributed by atoms with Gasteiger partial charge in [0.1, 0.15) is 0 Å². The van der Waals surface area contributed by atoms with Crippen LogP contribution >= 0.6 is 0 Å². The number of carbonyl (C=O) groups is 1. The molecule has 0 heterocycles. The zero-order valence-corrected chi connectivity index (χ0v) is 6.84. The Kier molecular flexibility index (Phi) is 3.00. The maximum atomic E-state index is 10.4. The van der Waals surface area contributed by atoms with E-state index in [-0.39, 0.29) is 12.2 Å². The van der Waals surface area contributed by atoms with E-state index in [1.54, 1.807) is 18.2 Å². The third-order valence-corrected chi connectivity index (χ3v) is 1.75. The minimum atomic E-state index is -1.57. The smallest absolute Gasteiger partial charge is 0.337 e. The van der Waals surface area contributed by atoms with Crippen LogP contribution in [-0.2, 0) is 11.4 Å². The molecule has 0 aromatic heterocycles. The van der Waals surface area contributed by atoms with Gasteiger partial charge >= 0.3 is 5.97 Å². The van der Waals surface area contributed by atoms with Gasteiger partial charge in [0, 0.05) is 0 Å². The molecule has 13 heavy (non-hydrogen) atoms. The van der Waals surface area contributed by atoms with Gasteiger partial charge in [-0.1, -0.05) is 24.3 Å². The van der Waals surface area contributed by atoms with Gasteiger partial charge in [0.05, 0.1) is 6.61 Å². The summed E-state index contributed by atoms with van der Waals surface area (Å²) in [6.45, 7) is -0.277. The molecule has 0 saturated carbocycles. The summed E-state index contributed by atoms with van der Waals surface area (Å²) in [4.78, 5) is 10.4. The van der Waals surface area contributed by atoms with Crippen LogP contribution < -0.4 is 0 Å². The van der Waals surface area contributed by atoms with E-state index in [1.165, 1.54) is 6.07 Å². The Morgan fingerprint density at radius 1 is 1.38 bits per heavy atom. The highest BCUT2D eigenvalue weighted by Gasteiger charge is 2.18. The lowest BCUT2D eigenvalue weighted by Crippen LogP contribution is -2.12. The summed E-state index contributed by atoms with van der Waals surface area (Å²) in [5.41, 5.74) is 0.662. The van der Waals surface area contributed by atoms with Crippen molar-refractivity contribution in [3.63, 3.8) is 0 Å². The fraction of sp³-hybridized carbons (Fsp3) is 0.222. The predicted molar refractivity (Wildman–Crippen MR) is 45.0 cm³/mol. The first-order chi connectivity index (χ1) is 6.16. The topological polar surface area (TPSA) is 77.8 Å². The number of carboxylic acid groups (broad SMARTS) is 1. The summed E-state index contributed by atoms with van der Waals surface area (Å²) in [5.74, 6) is -1.32. The highest BCUT2D eigenvalue weighted by molar-refractivity contribution is 5.74. The molecule has 0 saturated heterocycles. The lowest BCUT2D eigenvalue weighted by atomic mass is 10.0. The zero-order valence-electron chi connectivity index (χ0n) is 6.84. The maximum Gasteiger partial charge on any atom is 0.337 e. The van der Waals surface area contributed by atoms with E-state index in [0.717, 1.165) is 0 Å². The van der Waals surface area contributed by atoms with Crippen molar-refractivity contribution >= 4 is 5.97 Å². The molecular weight excluding hydrogens is 172 g/mol. The van der Waals surface area contributed by atoms with Crippen molar-refractivity contribution in [3.05, 3.63) is 35.4 Å². The quantitative estimate of drug-likeness (QED) is 0.628. The number of rotatable bonds is 3. The normalized spacial score (nSPS) is 12.5. The van der Waals surface area contributed by atoms with Gasteiger partial charge in [-0.2, -0.15) is 0 Å². The monoisotopic (exact) mass is 182 g/mol. The Balaban J connectivity index is 3.05. The van der Waals surface area contributed by atoms with Gasteiger partial charge in [-0.05, 0) is 11.1 Å². The van der Waals surface area contributed by atoms with Crippen LogP contribution in [0.15, 0.2) is 24.3 Å². The second-order valence-corrected chi connectivity index (χ2v) is 2.60. The Bertz CT molecular complexity index is 308. The van der Waals surface area contributed by atoms with Gasteiger partial charge in [-0.25, -0.2) is 4.79 Å². The third kappa shape index (κ3) is 2.05. The van der Waals surface area contributed by atoms with E-state index in [0.29, 0.717) is 5.56 Å². The lowest BCUT2D eigenvalue weighted by Gasteiger charge is -2.09. The molecule has 1 unspecified atom stereocenters. The van der Waals surface area contributed by atoms with E-state index in [1.807, 2.05) is 0 Å². The van der Waals surface area contributed by atoms with Crippen LogP contribution in [0, 0.1) is 0 Å². The van der Waals surface area contributed by atoms with Crippen LogP contribution in [0.3, 0.4) is 0 Å². The fourth-order valence-corrected chi connectivity index (χ4v) is 1.08. The molecule has 1 atom stereocenters. The first-order valence-electron chi connectivity index (χ1n) is 3.76. The molecule has 0 aliphatic carbocycles. The van der Waals surface area contributed by atoms with Gasteiger partial charge in [-0.3, -0.25) is 0 Å². The van der Waals surface area contributed by atoms with E-state index in [4.69, 9.17) is 10.2 Å². The minimum absolute atomic E-state index is 0.234. The predicted octanol–water partition coefficient (Wildman–Crippen LogP) is 0.297. The van der Waals surface area contributed by atoms with Crippen molar-refractivity contribution in [2.75, 3.05) is 0 Å². The standard InChI is InChI=1S/C9H10O4/c10-5-6-3-1-2-4-7(6)8(11)9(12)13/h1-4,8,10-11H,5H2,(H,12,13). The molecule has 0 fully saturated rings. The number of benzene rings is 1. The van der Waals surface area contributed by atoms with E-state index in [2.05, 4.69) is 0 Å². The lowest BCUT2D eigenvalue weighted by molar-refractivity contribution is -0.147. The molecule has 1 aromatic carbocycles. The van der Waals surface area contributed by atoms with Crippen molar-refractivity contribution < 1.29 is 20.1 Å². The van der Waals surface area contributed by atoms with Crippen molar-refractivity contribution in [2.24, 2.45) is 0 Å². The average molecular weight is 182 g/mol. The highest BCUT2D eigenvalue weighted by Crippen LogP contribution is 2.17. The summed E-state index contributed by atoms with van der Waals surface area (Å²) in [6.07, 6.45) is -1.57. The van der Waals surface area contributed by atoms with Crippen molar-refractivity contribution in [2.45, 2.75) is 12.7 Å². The molecule has 4 nitrogen and oxygen atoms in total. The number of carboxylic acids is 1. The summed E-state index contributed by atoms with van der Waals surface area (Å²) in [7, 11) is 0. The van der Waals surface area contributed by atoms with E-state index < -0.39 is 12.1 Å². The summed E-state index contributed by atoms with van der Waals surface area (Å²) < 4.78 is 0. The zero-order chi connectivity index (χ0) is 9.84. The average Bonchev–Trinajstić information content (AvgIpc) is 2.16. The SMILES string of the molecule is O=C(O)C(O)c1ccccc1CO. The van der Waals surface area contributed by atoms with E-state index in [9.17, 15) is 9.90 Å². The van der Waals surface area contributed by atoms with Crippen molar-refractivity contribution in [3.8, 4) is 0 Å². The van der Waals surface area contributed by atoms with Crippen LogP contribution in [0.5, 0.6) is 0 Å². The van der Waals surface area contributed by atoms with Crippen LogP contribution in [0.25, 0.3) is 0 Å². The van der Waals surface area contributed by atoms with E-state index >= 15 is 0 Å². The van der Waals surface area contributed by atoms with Gasteiger partial charge in [0.2, 0.25) is 0 Å². The van der Waals surface area contributed by atoms with Crippen LogP contribution in [0.2, 0.25) is 0 Å².